The third-order valence-corrected chi connectivity index (χ3v) is 2.77. The van der Waals surface area contributed by atoms with Gasteiger partial charge in [-0.15, -0.1) is 0 Å². The molecule has 0 aliphatic carbocycles. The Morgan fingerprint density at radius 1 is 1.31 bits per heavy atom. The highest BCUT2D eigenvalue weighted by molar-refractivity contribution is 6.02. The summed E-state index contributed by atoms with van der Waals surface area (Å²) < 4.78 is 5.21. The zero-order valence-corrected chi connectivity index (χ0v) is 8.90. The van der Waals surface area contributed by atoms with E-state index < -0.39 is 11.8 Å². The Hall–Kier alpha value is -1.43. The molecule has 0 bridgehead atoms. The first-order valence-electron chi connectivity index (χ1n) is 5.36. The van der Waals surface area contributed by atoms with Crippen molar-refractivity contribution in [2.75, 3.05) is 26.3 Å². The fraction of sp³-hybridized carbons (Fsp3) is 0.700. The summed E-state index contributed by atoms with van der Waals surface area (Å²) in [4.78, 5) is 35.5. The summed E-state index contributed by atoms with van der Waals surface area (Å²) in [6.45, 7) is 1.02. The van der Waals surface area contributed by atoms with Gasteiger partial charge in [0.25, 0.3) is 0 Å². The number of ether oxygens (including phenoxy) is 1. The molecule has 1 unspecified atom stereocenters. The fourth-order valence-electron chi connectivity index (χ4n) is 1.99. The molecule has 0 spiro atoms. The molecule has 2 aliphatic heterocycles. The number of hydrogen-bond acceptors (Lipinski definition) is 4. The van der Waals surface area contributed by atoms with Crippen molar-refractivity contribution >= 4 is 17.7 Å². The molecule has 2 saturated heterocycles. The van der Waals surface area contributed by atoms with Crippen LogP contribution in [0.3, 0.4) is 0 Å². The van der Waals surface area contributed by atoms with Gasteiger partial charge in [-0.1, -0.05) is 0 Å². The molecule has 1 N–H and O–H groups in total. The Kier molecular flexibility index (Phi) is 3.19. The van der Waals surface area contributed by atoms with Crippen LogP contribution in [0.5, 0.6) is 0 Å². The standard InChI is InChI=1S/C10H14N2O4/c13-8-4-12(5-9(14)11-8)10(15)7-2-1-3-16-6-7/h7H,1-6H2,(H,11,13,14). The Labute approximate surface area is 92.9 Å². The molecule has 0 aromatic carbocycles. The van der Waals surface area contributed by atoms with Crippen LogP contribution >= 0.6 is 0 Å². The summed E-state index contributed by atoms with van der Waals surface area (Å²) in [5.41, 5.74) is 0. The van der Waals surface area contributed by atoms with Crippen LogP contribution in [-0.2, 0) is 19.1 Å². The summed E-state index contributed by atoms with van der Waals surface area (Å²) in [7, 11) is 0. The molecule has 2 heterocycles. The predicted octanol–water partition coefficient (Wildman–Crippen LogP) is -1.10. The summed E-state index contributed by atoms with van der Waals surface area (Å²) in [6, 6.07) is 0. The van der Waals surface area contributed by atoms with Crippen LogP contribution in [0.2, 0.25) is 0 Å². The normalized spacial score (nSPS) is 26.5. The number of nitrogens with zero attached hydrogens (tertiary/aromatic N) is 1. The minimum atomic E-state index is -0.415. The van der Waals surface area contributed by atoms with Gasteiger partial charge in [-0.2, -0.15) is 0 Å². The first-order valence-corrected chi connectivity index (χ1v) is 5.36. The molecular weight excluding hydrogens is 212 g/mol. The lowest BCUT2D eigenvalue weighted by molar-refractivity contribution is -0.150. The molecule has 88 valence electrons. The molecule has 2 aliphatic rings. The summed E-state index contributed by atoms with van der Waals surface area (Å²) in [5.74, 6) is -1.18. The molecule has 16 heavy (non-hydrogen) atoms. The van der Waals surface area contributed by atoms with Crippen LogP contribution in [0.4, 0.5) is 0 Å². The van der Waals surface area contributed by atoms with E-state index in [4.69, 9.17) is 4.74 Å². The van der Waals surface area contributed by atoms with Crippen LogP contribution in [0.25, 0.3) is 0 Å². The number of rotatable bonds is 1. The van der Waals surface area contributed by atoms with Crippen molar-refractivity contribution in [1.29, 1.82) is 0 Å². The van der Waals surface area contributed by atoms with Gasteiger partial charge in [0.05, 0.1) is 12.5 Å². The summed E-state index contributed by atoms with van der Waals surface area (Å²) >= 11 is 0. The lowest BCUT2D eigenvalue weighted by Gasteiger charge is -2.30. The van der Waals surface area contributed by atoms with Gasteiger partial charge in [0.2, 0.25) is 17.7 Å². The van der Waals surface area contributed by atoms with E-state index in [0.717, 1.165) is 12.8 Å². The fourth-order valence-corrected chi connectivity index (χ4v) is 1.99. The van der Waals surface area contributed by atoms with E-state index in [-0.39, 0.29) is 24.9 Å². The number of carbonyl (C=O) groups excluding carboxylic acids is 3. The second-order valence-corrected chi connectivity index (χ2v) is 4.08. The highest BCUT2D eigenvalue weighted by atomic mass is 16.5. The highest BCUT2D eigenvalue weighted by Gasteiger charge is 2.31. The monoisotopic (exact) mass is 226 g/mol. The molecule has 3 amide bonds. The van der Waals surface area contributed by atoms with Crippen LogP contribution in [0.1, 0.15) is 12.8 Å². The molecule has 2 fully saturated rings. The second-order valence-electron chi connectivity index (χ2n) is 4.08. The lowest BCUT2D eigenvalue weighted by Crippen LogP contribution is -2.55. The minimum absolute atomic E-state index is 0.0267. The van der Waals surface area contributed by atoms with Crippen molar-refractivity contribution < 1.29 is 19.1 Å². The van der Waals surface area contributed by atoms with Gasteiger partial charge in [-0.25, -0.2) is 0 Å². The third kappa shape index (κ3) is 2.38. The summed E-state index contributed by atoms with van der Waals surface area (Å²) in [5, 5.41) is 2.16. The molecule has 0 aromatic heterocycles. The number of imide groups is 1. The zero-order chi connectivity index (χ0) is 11.5. The molecule has 1 atom stereocenters. The van der Waals surface area contributed by atoms with Crippen molar-refractivity contribution in [2.24, 2.45) is 5.92 Å². The minimum Gasteiger partial charge on any atom is -0.381 e. The third-order valence-electron chi connectivity index (χ3n) is 2.77. The molecular formula is C10H14N2O4. The van der Waals surface area contributed by atoms with Crippen molar-refractivity contribution in [1.82, 2.24) is 10.2 Å². The van der Waals surface area contributed by atoms with Crippen LogP contribution in [-0.4, -0.2) is 48.9 Å². The topological polar surface area (TPSA) is 75.7 Å². The first kappa shape index (κ1) is 11.1. The summed E-state index contributed by atoms with van der Waals surface area (Å²) in [6.07, 6.45) is 1.62. The van der Waals surface area contributed by atoms with Gasteiger partial charge in [-0.05, 0) is 12.8 Å². The quantitative estimate of drug-likeness (QED) is 0.576. The number of amides is 3. The van der Waals surface area contributed by atoms with Crippen molar-refractivity contribution in [3.8, 4) is 0 Å². The Morgan fingerprint density at radius 3 is 2.56 bits per heavy atom. The van der Waals surface area contributed by atoms with Crippen molar-refractivity contribution in [3.05, 3.63) is 0 Å². The zero-order valence-electron chi connectivity index (χ0n) is 8.90. The van der Waals surface area contributed by atoms with Crippen LogP contribution in [0.15, 0.2) is 0 Å². The predicted molar refractivity (Wildman–Crippen MR) is 53.3 cm³/mol. The number of hydrogen-bond donors (Lipinski definition) is 1. The number of nitrogens with one attached hydrogen (secondary N) is 1. The van der Waals surface area contributed by atoms with Crippen LogP contribution in [0, 0.1) is 5.92 Å². The van der Waals surface area contributed by atoms with E-state index in [1.165, 1.54) is 4.90 Å². The van der Waals surface area contributed by atoms with Crippen molar-refractivity contribution in [3.63, 3.8) is 0 Å². The maximum absolute atomic E-state index is 12.0. The SMILES string of the molecule is O=C1CN(C(=O)C2CCCOC2)CC(=O)N1. The van der Waals surface area contributed by atoms with Gasteiger partial charge in [0.1, 0.15) is 13.1 Å². The lowest BCUT2D eigenvalue weighted by atomic mass is 10.0. The van der Waals surface area contributed by atoms with Crippen LogP contribution < -0.4 is 5.32 Å². The average molecular weight is 226 g/mol. The maximum atomic E-state index is 12.0. The van der Waals surface area contributed by atoms with E-state index in [1.807, 2.05) is 0 Å². The second kappa shape index (κ2) is 4.61. The van der Waals surface area contributed by atoms with Gasteiger partial charge >= 0.3 is 0 Å². The Balaban J connectivity index is 1.97. The highest BCUT2D eigenvalue weighted by Crippen LogP contribution is 2.16. The molecule has 6 nitrogen and oxygen atoms in total. The molecule has 0 saturated carbocycles. The van der Waals surface area contributed by atoms with Gasteiger partial charge in [0, 0.05) is 6.61 Å². The largest absolute Gasteiger partial charge is 0.381 e. The Morgan fingerprint density at radius 2 is 2.00 bits per heavy atom. The number of piperazine rings is 1. The van der Waals surface area contributed by atoms with E-state index in [9.17, 15) is 14.4 Å². The average Bonchev–Trinajstić information content (AvgIpc) is 2.28. The van der Waals surface area contributed by atoms with Gasteiger partial charge in [0.15, 0.2) is 0 Å². The van der Waals surface area contributed by atoms with Gasteiger partial charge in [-0.3, -0.25) is 19.7 Å². The maximum Gasteiger partial charge on any atom is 0.246 e. The molecule has 6 heteroatoms. The molecule has 0 aromatic rings. The smallest absolute Gasteiger partial charge is 0.246 e. The number of carbonyl (C=O) groups is 3. The van der Waals surface area contributed by atoms with Gasteiger partial charge < -0.3 is 9.64 Å². The first-order chi connectivity index (χ1) is 7.66. The van der Waals surface area contributed by atoms with E-state index in [1.54, 1.807) is 0 Å². The van der Waals surface area contributed by atoms with E-state index in [2.05, 4.69) is 5.32 Å². The van der Waals surface area contributed by atoms with E-state index in [0.29, 0.717) is 13.2 Å². The molecule has 2 rings (SSSR count). The molecule has 0 radical (unpaired) electrons. The Bertz CT molecular complexity index is 307. The van der Waals surface area contributed by atoms with Crippen molar-refractivity contribution in [2.45, 2.75) is 12.8 Å². The van der Waals surface area contributed by atoms with E-state index >= 15 is 0 Å².